The maximum Gasteiger partial charge on any atom is 0.254 e. The van der Waals surface area contributed by atoms with Crippen LogP contribution in [0.25, 0.3) is 0 Å². The van der Waals surface area contributed by atoms with Gasteiger partial charge < -0.3 is 23.7 Å². The molecule has 2 amide bonds. The third-order valence-corrected chi connectivity index (χ3v) is 5.70. The van der Waals surface area contributed by atoms with E-state index in [1.807, 2.05) is 12.1 Å². The van der Waals surface area contributed by atoms with E-state index in [-0.39, 0.29) is 24.9 Å². The number of ether oxygens (including phenoxy) is 2. The first-order chi connectivity index (χ1) is 16.0. The van der Waals surface area contributed by atoms with Gasteiger partial charge in [0.05, 0.1) is 27.0 Å². The molecule has 3 aromatic rings. The molecule has 1 aliphatic rings. The first-order valence-corrected chi connectivity index (χ1v) is 10.6. The number of benzene rings is 2. The number of halogens is 1. The number of hydrogen-bond acceptors (Lipinski definition) is 5. The molecule has 7 nitrogen and oxygen atoms in total. The predicted octanol–water partition coefficient (Wildman–Crippen LogP) is 3.66. The second-order valence-electron chi connectivity index (χ2n) is 7.79. The first kappa shape index (κ1) is 22.4. The van der Waals surface area contributed by atoms with E-state index in [0.29, 0.717) is 42.3 Å². The number of rotatable bonds is 7. The third-order valence-electron chi connectivity index (χ3n) is 5.70. The molecule has 0 saturated carbocycles. The van der Waals surface area contributed by atoms with Crippen LogP contribution in [0.2, 0.25) is 0 Å². The van der Waals surface area contributed by atoms with Crippen molar-refractivity contribution in [3.05, 3.63) is 83.1 Å². The SMILES string of the molecule is COc1cc2c(cc1OC)CN(C(=O)CN(Cc1ccco1)C(=O)c1ccc(F)cc1)CC2. The molecule has 0 bridgehead atoms. The van der Waals surface area contributed by atoms with Crippen LogP contribution < -0.4 is 9.47 Å². The quantitative estimate of drug-likeness (QED) is 0.547. The number of fused-ring (bicyclic) bond motifs is 1. The van der Waals surface area contributed by atoms with Crippen molar-refractivity contribution in [2.75, 3.05) is 27.3 Å². The topological polar surface area (TPSA) is 72.2 Å². The molecule has 2 heterocycles. The average molecular weight is 452 g/mol. The molecule has 0 aliphatic carbocycles. The Bertz CT molecular complexity index is 1130. The summed E-state index contributed by atoms with van der Waals surface area (Å²) in [4.78, 5) is 29.5. The van der Waals surface area contributed by atoms with Gasteiger partial charge >= 0.3 is 0 Å². The Hall–Kier alpha value is -3.81. The normalized spacial score (nSPS) is 12.8. The zero-order valence-corrected chi connectivity index (χ0v) is 18.5. The van der Waals surface area contributed by atoms with Crippen LogP contribution in [0.5, 0.6) is 11.5 Å². The van der Waals surface area contributed by atoms with Crippen LogP contribution in [0.4, 0.5) is 4.39 Å². The lowest BCUT2D eigenvalue weighted by atomic mass is 9.98. The summed E-state index contributed by atoms with van der Waals surface area (Å²) in [5.41, 5.74) is 2.39. The van der Waals surface area contributed by atoms with Crippen LogP contribution in [0.1, 0.15) is 27.2 Å². The second-order valence-corrected chi connectivity index (χ2v) is 7.79. The number of furan rings is 1. The van der Waals surface area contributed by atoms with Gasteiger partial charge in [-0.1, -0.05) is 0 Å². The molecule has 0 fully saturated rings. The van der Waals surface area contributed by atoms with Gasteiger partial charge in [-0.05, 0) is 66.1 Å². The van der Waals surface area contributed by atoms with Gasteiger partial charge in [-0.3, -0.25) is 9.59 Å². The highest BCUT2D eigenvalue weighted by Crippen LogP contribution is 2.33. The zero-order chi connectivity index (χ0) is 23.4. The molecule has 0 spiro atoms. The van der Waals surface area contributed by atoms with Gasteiger partial charge in [-0.25, -0.2) is 4.39 Å². The van der Waals surface area contributed by atoms with Gasteiger partial charge in [0.25, 0.3) is 5.91 Å². The van der Waals surface area contributed by atoms with E-state index >= 15 is 0 Å². The first-order valence-electron chi connectivity index (χ1n) is 10.6. The van der Waals surface area contributed by atoms with Crippen LogP contribution in [-0.2, 0) is 24.3 Å². The Morgan fingerprint density at radius 2 is 1.76 bits per heavy atom. The molecule has 4 rings (SSSR count). The zero-order valence-electron chi connectivity index (χ0n) is 18.5. The van der Waals surface area contributed by atoms with E-state index in [1.54, 1.807) is 31.3 Å². The van der Waals surface area contributed by atoms with Crippen molar-refractivity contribution in [1.29, 1.82) is 0 Å². The van der Waals surface area contributed by atoms with Gasteiger partial charge in [-0.2, -0.15) is 0 Å². The number of amides is 2. The molecule has 0 saturated heterocycles. The number of methoxy groups -OCH3 is 2. The fourth-order valence-electron chi connectivity index (χ4n) is 3.92. The van der Waals surface area contributed by atoms with Crippen molar-refractivity contribution >= 4 is 11.8 Å². The van der Waals surface area contributed by atoms with E-state index in [9.17, 15) is 14.0 Å². The molecular weight excluding hydrogens is 427 g/mol. The van der Waals surface area contributed by atoms with Gasteiger partial charge in [0.15, 0.2) is 11.5 Å². The lowest BCUT2D eigenvalue weighted by Crippen LogP contribution is -2.44. The smallest absolute Gasteiger partial charge is 0.254 e. The number of carbonyl (C=O) groups excluding carboxylic acids is 2. The van der Waals surface area contributed by atoms with Gasteiger partial charge in [-0.15, -0.1) is 0 Å². The van der Waals surface area contributed by atoms with E-state index in [2.05, 4.69) is 0 Å². The van der Waals surface area contributed by atoms with Crippen molar-refractivity contribution in [3.8, 4) is 11.5 Å². The van der Waals surface area contributed by atoms with Crippen LogP contribution in [0, 0.1) is 5.82 Å². The molecule has 2 aromatic carbocycles. The average Bonchev–Trinajstić information content (AvgIpc) is 3.35. The van der Waals surface area contributed by atoms with Gasteiger partial charge in [0.1, 0.15) is 18.1 Å². The molecule has 33 heavy (non-hydrogen) atoms. The molecule has 1 aliphatic heterocycles. The molecule has 8 heteroatoms. The van der Waals surface area contributed by atoms with E-state index < -0.39 is 5.82 Å². The molecule has 0 N–H and O–H groups in total. The summed E-state index contributed by atoms with van der Waals surface area (Å²) in [6, 6.07) is 12.6. The summed E-state index contributed by atoms with van der Waals surface area (Å²) in [6.07, 6.45) is 2.19. The van der Waals surface area contributed by atoms with Crippen molar-refractivity contribution < 1.29 is 27.9 Å². The largest absolute Gasteiger partial charge is 0.493 e. The van der Waals surface area contributed by atoms with Crippen LogP contribution in [-0.4, -0.2) is 48.9 Å². The summed E-state index contributed by atoms with van der Waals surface area (Å²) in [5, 5.41) is 0. The van der Waals surface area contributed by atoms with Crippen molar-refractivity contribution in [2.45, 2.75) is 19.5 Å². The van der Waals surface area contributed by atoms with Crippen LogP contribution in [0.3, 0.4) is 0 Å². The van der Waals surface area contributed by atoms with E-state index in [4.69, 9.17) is 13.9 Å². The molecule has 0 radical (unpaired) electrons. The van der Waals surface area contributed by atoms with Crippen molar-refractivity contribution in [1.82, 2.24) is 9.80 Å². The highest BCUT2D eigenvalue weighted by Gasteiger charge is 2.27. The highest BCUT2D eigenvalue weighted by atomic mass is 19.1. The van der Waals surface area contributed by atoms with Gasteiger partial charge in [0.2, 0.25) is 5.91 Å². The lowest BCUT2D eigenvalue weighted by molar-refractivity contribution is -0.133. The van der Waals surface area contributed by atoms with Gasteiger partial charge in [0, 0.05) is 18.7 Å². The molecule has 0 atom stereocenters. The summed E-state index contributed by atoms with van der Waals surface area (Å²) >= 11 is 0. The fraction of sp³-hybridized carbons (Fsp3) is 0.280. The lowest BCUT2D eigenvalue weighted by Gasteiger charge is -2.31. The minimum atomic E-state index is -0.431. The standard InChI is InChI=1S/C25H25FN2O5/c1-31-22-12-18-9-10-27(14-19(18)13-23(22)32-2)24(29)16-28(15-21-4-3-11-33-21)25(30)17-5-7-20(26)8-6-17/h3-8,11-13H,9-10,14-16H2,1-2H3. The molecule has 172 valence electrons. The summed E-state index contributed by atoms with van der Waals surface area (Å²) in [7, 11) is 3.16. The summed E-state index contributed by atoms with van der Waals surface area (Å²) in [5.74, 6) is 0.835. The number of nitrogens with zero attached hydrogens (tertiary/aromatic N) is 2. The minimum Gasteiger partial charge on any atom is -0.493 e. The fourth-order valence-corrected chi connectivity index (χ4v) is 3.92. The number of hydrogen-bond donors (Lipinski definition) is 0. The Balaban J connectivity index is 1.52. The second kappa shape index (κ2) is 9.77. The third kappa shape index (κ3) is 5.00. The maximum atomic E-state index is 13.3. The predicted molar refractivity (Wildman–Crippen MR) is 119 cm³/mol. The Labute approximate surface area is 191 Å². The molecule has 0 unspecified atom stereocenters. The molecular formula is C25H25FN2O5. The van der Waals surface area contributed by atoms with Crippen LogP contribution in [0.15, 0.2) is 59.2 Å². The Kier molecular flexibility index (Phi) is 6.63. The Morgan fingerprint density at radius 3 is 2.39 bits per heavy atom. The molecule has 1 aromatic heterocycles. The van der Waals surface area contributed by atoms with Crippen molar-refractivity contribution in [3.63, 3.8) is 0 Å². The minimum absolute atomic E-state index is 0.125. The monoisotopic (exact) mass is 452 g/mol. The highest BCUT2D eigenvalue weighted by molar-refractivity contribution is 5.96. The van der Waals surface area contributed by atoms with Crippen molar-refractivity contribution in [2.24, 2.45) is 0 Å². The van der Waals surface area contributed by atoms with E-state index in [0.717, 1.165) is 11.1 Å². The summed E-state index contributed by atoms with van der Waals surface area (Å²) < 4.78 is 29.5. The number of carbonyl (C=O) groups is 2. The van der Waals surface area contributed by atoms with Crippen LogP contribution >= 0.6 is 0 Å². The summed E-state index contributed by atoms with van der Waals surface area (Å²) in [6.45, 7) is 0.943. The Morgan fingerprint density at radius 1 is 1.06 bits per heavy atom. The van der Waals surface area contributed by atoms with E-state index in [1.165, 1.54) is 35.4 Å². The maximum absolute atomic E-state index is 13.3.